The third kappa shape index (κ3) is 3.65. The molecule has 0 radical (unpaired) electrons. The lowest BCUT2D eigenvalue weighted by atomic mass is 10.3. The number of nitrogens with zero attached hydrogens (tertiary/aromatic N) is 4. The Morgan fingerprint density at radius 1 is 1.43 bits per heavy atom. The van der Waals surface area contributed by atoms with Crippen LogP contribution in [0.25, 0.3) is 0 Å². The Hall–Kier alpha value is -2.90. The second-order valence-corrected chi connectivity index (χ2v) is 5.05. The summed E-state index contributed by atoms with van der Waals surface area (Å²) >= 11 is 0. The Balaban J connectivity index is 2.26. The van der Waals surface area contributed by atoms with Gasteiger partial charge in [0.1, 0.15) is 0 Å². The van der Waals surface area contributed by atoms with Gasteiger partial charge < -0.3 is 9.64 Å². The van der Waals surface area contributed by atoms with Crippen molar-refractivity contribution in [3.8, 4) is 11.6 Å². The maximum atomic E-state index is 12.2. The molecule has 0 aliphatic rings. The van der Waals surface area contributed by atoms with Crippen molar-refractivity contribution in [1.82, 2.24) is 14.7 Å². The van der Waals surface area contributed by atoms with E-state index in [4.69, 9.17) is 4.74 Å². The van der Waals surface area contributed by atoms with Gasteiger partial charge in [-0.1, -0.05) is 19.1 Å². The highest BCUT2D eigenvalue weighted by Gasteiger charge is 2.20. The Morgan fingerprint density at radius 2 is 2.13 bits per heavy atom. The van der Waals surface area contributed by atoms with Gasteiger partial charge in [-0.3, -0.25) is 14.9 Å². The highest BCUT2D eigenvalue weighted by atomic mass is 16.6. The molecule has 0 atom stereocenters. The van der Waals surface area contributed by atoms with Crippen LogP contribution in [0.4, 0.5) is 5.69 Å². The summed E-state index contributed by atoms with van der Waals surface area (Å²) < 4.78 is 6.94. The SMILES string of the molecule is CCCN(C)C(=O)c1cc(Oc2ccccc2[N+](=O)[O-])n(C)n1. The molecule has 0 fully saturated rings. The van der Waals surface area contributed by atoms with Crippen LogP contribution in [0.3, 0.4) is 0 Å². The maximum Gasteiger partial charge on any atom is 0.311 e. The molecule has 0 aliphatic carbocycles. The molecule has 1 aromatic heterocycles. The molecule has 8 heteroatoms. The van der Waals surface area contributed by atoms with Crippen molar-refractivity contribution < 1.29 is 14.5 Å². The summed E-state index contributed by atoms with van der Waals surface area (Å²) in [6.07, 6.45) is 0.842. The van der Waals surface area contributed by atoms with Gasteiger partial charge in [-0.15, -0.1) is 0 Å². The predicted molar refractivity (Wildman–Crippen MR) is 83.6 cm³/mol. The minimum absolute atomic E-state index is 0.0985. The molecule has 0 spiro atoms. The van der Waals surface area contributed by atoms with Crippen LogP contribution in [-0.4, -0.2) is 39.1 Å². The molecule has 0 saturated heterocycles. The van der Waals surface area contributed by atoms with Gasteiger partial charge in [0.25, 0.3) is 5.91 Å². The molecule has 2 aromatic rings. The monoisotopic (exact) mass is 318 g/mol. The maximum absolute atomic E-state index is 12.2. The predicted octanol–water partition coefficient (Wildman–Crippen LogP) is 2.60. The molecule has 1 amide bonds. The van der Waals surface area contributed by atoms with Crippen LogP contribution in [0.5, 0.6) is 11.6 Å². The van der Waals surface area contributed by atoms with Crippen molar-refractivity contribution in [2.24, 2.45) is 7.05 Å². The van der Waals surface area contributed by atoms with E-state index in [0.29, 0.717) is 6.54 Å². The van der Waals surface area contributed by atoms with Gasteiger partial charge in [0.05, 0.1) is 4.92 Å². The number of para-hydroxylation sites is 2. The number of amides is 1. The summed E-state index contributed by atoms with van der Waals surface area (Å²) in [4.78, 5) is 24.3. The van der Waals surface area contributed by atoms with Gasteiger partial charge in [-0.2, -0.15) is 5.10 Å². The zero-order chi connectivity index (χ0) is 17.0. The first-order valence-electron chi connectivity index (χ1n) is 7.14. The largest absolute Gasteiger partial charge is 0.432 e. The van der Waals surface area contributed by atoms with Crippen molar-refractivity contribution in [2.45, 2.75) is 13.3 Å². The molecule has 8 nitrogen and oxygen atoms in total. The molecule has 0 unspecified atom stereocenters. The first-order chi connectivity index (χ1) is 10.9. The molecule has 0 N–H and O–H groups in total. The fourth-order valence-corrected chi connectivity index (χ4v) is 2.09. The van der Waals surface area contributed by atoms with Crippen molar-refractivity contribution in [1.29, 1.82) is 0 Å². The van der Waals surface area contributed by atoms with E-state index < -0.39 is 4.92 Å². The van der Waals surface area contributed by atoms with Crippen LogP contribution >= 0.6 is 0 Å². The van der Waals surface area contributed by atoms with Crippen molar-refractivity contribution in [2.75, 3.05) is 13.6 Å². The van der Waals surface area contributed by atoms with Crippen molar-refractivity contribution >= 4 is 11.6 Å². The molecule has 1 heterocycles. The number of nitro groups is 1. The average Bonchev–Trinajstić information content (AvgIpc) is 2.88. The Bertz CT molecular complexity index is 726. The van der Waals surface area contributed by atoms with E-state index in [1.54, 1.807) is 31.1 Å². The van der Waals surface area contributed by atoms with Crippen LogP contribution in [0.15, 0.2) is 30.3 Å². The fourth-order valence-electron chi connectivity index (χ4n) is 2.09. The topological polar surface area (TPSA) is 90.5 Å². The first-order valence-corrected chi connectivity index (χ1v) is 7.14. The molecule has 0 saturated carbocycles. The number of ether oxygens (including phenoxy) is 1. The van der Waals surface area contributed by atoms with E-state index in [1.807, 2.05) is 6.92 Å². The lowest BCUT2D eigenvalue weighted by Crippen LogP contribution is -2.27. The standard InChI is InChI=1S/C15H18N4O4/c1-4-9-17(2)15(20)11-10-14(18(3)16-11)23-13-8-6-5-7-12(13)19(21)22/h5-8,10H,4,9H2,1-3H3. The zero-order valence-electron chi connectivity index (χ0n) is 13.2. The summed E-state index contributed by atoms with van der Waals surface area (Å²) in [6.45, 7) is 2.60. The lowest BCUT2D eigenvalue weighted by molar-refractivity contribution is -0.385. The summed E-state index contributed by atoms with van der Waals surface area (Å²) in [5.41, 5.74) is 0.0849. The zero-order valence-corrected chi connectivity index (χ0v) is 13.2. The number of hydrogen-bond acceptors (Lipinski definition) is 5. The van der Waals surface area contributed by atoms with Crippen LogP contribution in [0.2, 0.25) is 0 Å². The van der Waals surface area contributed by atoms with Crippen LogP contribution in [-0.2, 0) is 7.05 Å². The molecule has 0 aliphatic heterocycles. The minimum atomic E-state index is -0.521. The molecule has 0 bridgehead atoms. The number of rotatable bonds is 6. The second-order valence-electron chi connectivity index (χ2n) is 5.05. The van der Waals surface area contributed by atoms with Crippen molar-refractivity contribution in [3.05, 3.63) is 46.1 Å². The molecular formula is C15H18N4O4. The van der Waals surface area contributed by atoms with E-state index in [9.17, 15) is 14.9 Å². The van der Waals surface area contributed by atoms with Crippen LogP contribution in [0, 0.1) is 10.1 Å². The van der Waals surface area contributed by atoms with E-state index in [0.717, 1.165) is 6.42 Å². The highest BCUT2D eigenvalue weighted by molar-refractivity contribution is 5.92. The Kier molecular flexibility index (Phi) is 4.95. The second kappa shape index (κ2) is 6.91. The van der Waals surface area contributed by atoms with Gasteiger partial charge in [-0.25, -0.2) is 4.68 Å². The van der Waals surface area contributed by atoms with Gasteiger partial charge in [0.2, 0.25) is 11.6 Å². The van der Waals surface area contributed by atoms with E-state index >= 15 is 0 Å². The van der Waals surface area contributed by atoms with Crippen LogP contribution < -0.4 is 4.74 Å². The number of nitro benzene ring substituents is 1. The molecular weight excluding hydrogens is 300 g/mol. The first kappa shape index (κ1) is 16.5. The van der Waals surface area contributed by atoms with E-state index in [2.05, 4.69) is 5.10 Å². The Morgan fingerprint density at radius 3 is 2.78 bits per heavy atom. The van der Waals surface area contributed by atoms with E-state index in [1.165, 1.54) is 22.9 Å². The summed E-state index contributed by atoms with van der Waals surface area (Å²) in [7, 11) is 3.31. The number of carbonyl (C=O) groups excluding carboxylic acids is 1. The number of aryl methyl sites for hydroxylation is 1. The quantitative estimate of drug-likeness (QED) is 0.603. The summed E-state index contributed by atoms with van der Waals surface area (Å²) in [6, 6.07) is 7.52. The normalized spacial score (nSPS) is 10.4. The molecule has 122 valence electrons. The number of hydrogen-bond donors (Lipinski definition) is 0. The fraction of sp³-hybridized carbons (Fsp3) is 0.333. The summed E-state index contributed by atoms with van der Waals surface area (Å²) in [5.74, 6) is 0.133. The minimum Gasteiger partial charge on any atom is -0.432 e. The van der Waals surface area contributed by atoms with Crippen molar-refractivity contribution in [3.63, 3.8) is 0 Å². The molecule has 2 rings (SSSR count). The average molecular weight is 318 g/mol. The number of carbonyl (C=O) groups is 1. The molecule has 23 heavy (non-hydrogen) atoms. The van der Waals surface area contributed by atoms with Gasteiger partial charge in [-0.05, 0) is 12.5 Å². The smallest absolute Gasteiger partial charge is 0.311 e. The number of aromatic nitrogens is 2. The highest BCUT2D eigenvalue weighted by Crippen LogP contribution is 2.30. The molecule has 1 aromatic carbocycles. The third-order valence-corrected chi connectivity index (χ3v) is 3.24. The van der Waals surface area contributed by atoms with Gasteiger partial charge in [0, 0.05) is 32.8 Å². The van der Waals surface area contributed by atoms with Gasteiger partial charge >= 0.3 is 5.69 Å². The third-order valence-electron chi connectivity index (χ3n) is 3.24. The van der Waals surface area contributed by atoms with Crippen LogP contribution in [0.1, 0.15) is 23.8 Å². The van der Waals surface area contributed by atoms with Gasteiger partial charge in [0.15, 0.2) is 5.69 Å². The summed E-state index contributed by atoms with van der Waals surface area (Å²) in [5, 5.41) is 15.1. The van der Waals surface area contributed by atoms with E-state index in [-0.39, 0.29) is 28.9 Å². The Labute approximate surface area is 133 Å². The lowest BCUT2D eigenvalue weighted by Gasteiger charge is -2.13. The number of benzene rings is 1.